The molecule has 10 heteroatoms. The lowest BCUT2D eigenvalue weighted by atomic mass is 10.0. The minimum Gasteiger partial charge on any atom is -0.463 e. The van der Waals surface area contributed by atoms with Crippen molar-refractivity contribution < 1.29 is 37.9 Å². The number of esters is 1. The summed E-state index contributed by atoms with van der Waals surface area (Å²) in [7, 11) is -4.42. The van der Waals surface area contributed by atoms with E-state index in [-0.39, 0.29) is 32.1 Å². The average molecular weight is 896 g/mol. The number of hydrogen-bond donors (Lipinski definition) is 3. The van der Waals surface area contributed by atoms with Gasteiger partial charge < -0.3 is 20.1 Å². The molecule has 0 aliphatic heterocycles. The topological polar surface area (TPSA) is 131 Å². The highest BCUT2D eigenvalue weighted by atomic mass is 31.2. The zero-order valence-electron chi connectivity index (χ0n) is 40.3. The summed E-state index contributed by atoms with van der Waals surface area (Å²) >= 11 is 0. The molecule has 1 amide bonds. The third-order valence-electron chi connectivity index (χ3n) is 11.3. The van der Waals surface area contributed by atoms with E-state index >= 15 is 0 Å². The molecule has 2 unspecified atom stereocenters. The predicted octanol–water partition coefficient (Wildman–Crippen LogP) is 15.3. The summed E-state index contributed by atoms with van der Waals surface area (Å²) in [6.45, 7) is 3.55. The van der Waals surface area contributed by atoms with E-state index in [0.29, 0.717) is 6.42 Å². The molecule has 0 aliphatic carbocycles. The molecule has 3 N–H and O–H groups in total. The molecule has 0 aromatic carbocycles. The van der Waals surface area contributed by atoms with Gasteiger partial charge in [-0.1, -0.05) is 224 Å². The summed E-state index contributed by atoms with van der Waals surface area (Å²) in [6, 6.07) is 0. The molecule has 0 saturated heterocycles. The fraction of sp³-hybridized carbons (Fsp3) is 0.846. The first-order valence-electron chi connectivity index (χ1n) is 26.0. The Kier molecular flexibility index (Phi) is 47.3. The van der Waals surface area contributed by atoms with Crippen molar-refractivity contribution in [3.63, 3.8) is 0 Å². The van der Waals surface area contributed by atoms with Gasteiger partial charge in [0.25, 0.3) is 0 Å². The van der Waals surface area contributed by atoms with Crippen molar-refractivity contribution >= 4 is 19.7 Å². The van der Waals surface area contributed by atoms with Crippen LogP contribution in [0.25, 0.3) is 0 Å². The number of phosphoric ester groups is 1. The average Bonchev–Trinajstić information content (AvgIpc) is 3.26. The van der Waals surface area contributed by atoms with Gasteiger partial charge in [0.05, 0.1) is 13.2 Å². The van der Waals surface area contributed by atoms with Crippen LogP contribution in [0.5, 0.6) is 0 Å². The number of rotatable bonds is 49. The summed E-state index contributed by atoms with van der Waals surface area (Å²) in [6.07, 6.45) is 56.6. The van der Waals surface area contributed by atoms with Crippen LogP contribution >= 0.6 is 7.82 Å². The van der Waals surface area contributed by atoms with Gasteiger partial charge >= 0.3 is 13.8 Å². The molecular weight excluding hydrogens is 798 g/mol. The zero-order valence-corrected chi connectivity index (χ0v) is 41.2. The molecule has 364 valence electrons. The number of hydrogen-bond acceptors (Lipinski definition) is 7. The Morgan fingerprint density at radius 1 is 0.500 bits per heavy atom. The summed E-state index contributed by atoms with van der Waals surface area (Å²) in [4.78, 5) is 34.1. The van der Waals surface area contributed by atoms with Gasteiger partial charge in [0.1, 0.15) is 12.7 Å². The van der Waals surface area contributed by atoms with Crippen LogP contribution in [-0.4, -0.2) is 54.3 Å². The first-order valence-corrected chi connectivity index (χ1v) is 27.5. The Balaban J connectivity index is 3.55. The SMILES string of the molecule is CCCCC/C=C\C/C=C\C/C=C\CCCCCCCCC(=O)NCCOP(=O)(O)OCC(O)COC(=O)CCCCCCCCCCCCCCCCCCCCCCCC. The lowest BCUT2D eigenvalue weighted by Crippen LogP contribution is -2.27. The molecule has 0 saturated carbocycles. The van der Waals surface area contributed by atoms with Gasteiger partial charge in [-0.2, -0.15) is 0 Å². The Morgan fingerprint density at radius 2 is 0.871 bits per heavy atom. The van der Waals surface area contributed by atoms with Gasteiger partial charge in [0.15, 0.2) is 0 Å². The summed E-state index contributed by atoms with van der Waals surface area (Å²) < 4.78 is 27.0. The lowest BCUT2D eigenvalue weighted by molar-refractivity contribution is -0.147. The fourth-order valence-electron chi connectivity index (χ4n) is 7.39. The number of allylic oxidation sites excluding steroid dienone is 6. The van der Waals surface area contributed by atoms with Crippen LogP contribution in [0.1, 0.15) is 251 Å². The number of aliphatic hydroxyl groups excluding tert-OH is 1. The molecule has 0 fully saturated rings. The summed E-state index contributed by atoms with van der Waals surface area (Å²) in [5.74, 6) is -0.520. The second kappa shape index (κ2) is 48.7. The van der Waals surface area contributed by atoms with Gasteiger partial charge in [0.2, 0.25) is 5.91 Å². The number of ether oxygens (including phenoxy) is 1. The maximum Gasteiger partial charge on any atom is 0.472 e. The number of amides is 1. The Morgan fingerprint density at radius 3 is 1.34 bits per heavy atom. The van der Waals surface area contributed by atoms with Gasteiger partial charge in [-0.05, 0) is 51.4 Å². The van der Waals surface area contributed by atoms with Crippen LogP contribution in [0.15, 0.2) is 36.5 Å². The molecule has 0 heterocycles. The number of nitrogens with one attached hydrogen (secondary N) is 1. The monoisotopic (exact) mass is 896 g/mol. The van der Waals surface area contributed by atoms with Gasteiger partial charge in [-0.3, -0.25) is 18.6 Å². The summed E-state index contributed by atoms with van der Waals surface area (Å²) in [5.41, 5.74) is 0. The molecule has 2 atom stereocenters. The largest absolute Gasteiger partial charge is 0.472 e. The first-order chi connectivity index (χ1) is 30.3. The molecule has 0 aromatic heterocycles. The van der Waals surface area contributed by atoms with Crippen LogP contribution < -0.4 is 5.32 Å². The van der Waals surface area contributed by atoms with Crippen LogP contribution in [0.4, 0.5) is 0 Å². The minimum absolute atomic E-state index is 0.0754. The highest BCUT2D eigenvalue weighted by molar-refractivity contribution is 7.47. The third-order valence-corrected chi connectivity index (χ3v) is 12.3. The molecule has 9 nitrogen and oxygen atoms in total. The normalized spacial score (nSPS) is 13.4. The van der Waals surface area contributed by atoms with Crippen LogP contribution in [0, 0.1) is 0 Å². The number of carbonyl (C=O) groups is 2. The van der Waals surface area contributed by atoms with Gasteiger partial charge in [-0.15, -0.1) is 0 Å². The molecule has 0 rings (SSSR count). The van der Waals surface area contributed by atoms with Crippen molar-refractivity contribution in [3.8, 4) is 0 Å². The number of phosphoric acid groups is 1. The van der Waals surface area contributed by atoms with Crippen molar-refractivity contribution in [2.24, 2.45) is 0 Å². The highest BCUT2D eigenvalue weighted by Gasteiger charge is 2.23. The Bertz CT molecular complexity index is 1110. The van der Waals surface area contributed by atoms with Crippen LogP contribution in [-0.2, 0) is 27.9 Å². The van der Waals surface area contributed by atoms with Crippen molar-refractivity contribution in [1.29, 1.82) is 0 Å². The van der Waals surface area contributed by atoms with Crippen LogP contribution in [0.2, 0.25) is 0 Å². The first kappa shape index (κ1) is 60.2. The predicted molar refractivity (Wildman–Crippen MR) is 261 cm³/mol. The van der Waals surface area contributed by atoms with Gasteiger partial charge in [0, 0.05) is 19.4 Å². The molecular formula is C52H98NO8P. The van der Waals surface area contributed by atoms with E-state index in [9.17, 15) is 24.2 Å². The fourth-order valence-corrected chi connectivity index (χ4v) is 8.15. The smallest absolute Gasteiger partial charge is 0.463 e. The maximum atomic E-state index is 12.1. The van der Waals surface area contributed by atoms with Crippen molar-refractivity contribution in [3.05, 3.63) is 36.5 Å². The van der Waals surface area contributed by atoms with Crippen molar-refractivity contribution in [2.45, 2.75) is 258 Å². The Hall–Kier alpha value is -1.77. The van der Waals surface area contributed by atoms with Crippen molar-refractivity contribution in [1.82, 2.24) is 5.32 Å². The molecule has 0 aromatic rings. The Labute approximate surface area is 382 Å². The number of aliphatic hydroxyl groups is 1. The van der Waals surface area contributed by atoms with E-state index in [0.717, 1.165) is 64.2 Å². The van der Waals surface area contributed by atoms with E-state index in [1.807, 2.05) is 0 Å². The number of unbranched alkanes of at least 4 members (excludes halogenated alkanes) is 30. The lowest BCUT2D eigenvalue weighted by Gasteiger charge is -2.15. The van der Waals surface area contributed by atoms with Crippen LogP contribution in [0.3, 0.4) is 0 Å². The molecule has 0 spiro atoms. The second-order valence-electron chi connectivity index (χ2n) is 17.5. The number of carbonyl (C=O) groups excluding carboxylic acids is 2. The van der Waals surface area contributed by atoms with E-state index < -0.39 is 26.5 Å². The molecule has 0 radical (unpaired) electrons. The van der Waals surface area contributed by atoms with Gasteiger partial charge in [-0.25, -0.2) is 4.57 Å². The molecule has 62 heavy (non-hydrogen) atoms. The van der Waals surface area contributed by atoms with Crippen molar-refractivity contribution in [2.75, 3.05) is 26.4 Å². The highest BCUT2D eigenvalue weighted by Crippen LogP contribution is 2.42. The molecule has 0 bridgehead atoms. The van der Waals surface area contributed by atoms with E-state index in [2.05, 4.69) is 55.6 Å². The second-order valence-corrected chi connectivity index (χ2v) is 19.0. The minimum atomic E-state index is -4.42. The quantitative estimate of drug-likeness (QED) is 0.0238. The van der Waals surface area contributed by atoms with E-state index in [4.69, 9.17) is 13.8 Å². The summed E-state index contributed by atoms with van der Waals surface area (Å²) in [5, 5.41) is 12.7. The maximum absolute atomic E-state index is 12.1. The standard InChI is InChI=1S/C52H98NO8P/c1-3-5-7-9-11-13-15-17-19-21-23-24-25-27-29-31-33-35-37-39-41-43-45-52(56)59-48-50(54)49-61-62(57,58)60-47-46-53-51(55)44-42-40-38-36-34-32-30-28-26-22-20-18-16-14-12-10-8-6-4-2/h12,14,18,20,26,28,50,54H,3-11,13,15-17,19,21-25,27,29-49H2,1-2H3,(H,53,55)(H,57,58)/b14-12-,20-18-,28-26-. The zero-order chi connectivity index (χ0) is 45.3. The van der Waals surface area contributed by atoms with E-state index in [1.165, 1.54) is 161 Å². The third kappa shape index (κ3) is 49.2. The van der Waals surface area contributed by atoms with E-state index in [1.54, 1.807) is 0 Å². The molecule has 0 aliphatic rings.